The first-order valence-electron chi connectivity index (χ1n) is 32.6. The van der Waals surface area contributed by atoms with Crippen molar-refractivity contribution in [2.75, 3.05) is 26.4 Å². The molecule has 3 N–H and O–H groups in total. The molecule has 0 amide bonds. The zero-order valence-corrected chi connectivity index (χ0v) is 53.3. The number of ether oxygens (including phenoxy) is 2. The lowest BCUT2D eigenvalue weighted by molar-refractivity contribution is -0.161. The van der Waals surface area contributed by atoms with Crippen molar-refractivity contribution < 1.29 is 37.6 Å². The third-order valence-electron chi connectivity index (χ3n) is 13.1. The van der Waals surface area contributed by atoms with Crippen LogP contribution in [0.3, 0.4) is 0 Å². The molecule has 0 fully saturated rings. The van der Waals surface area contributed by atoms with Gasteiger partial charge in [0.15, 0.2) is 6.10 Å². The molecule has 0 aliphatic carbocycles. The van der Waals surface area contributed by atoms with Crippen molar-refractivity contribution in [2.24, 2.45) is 5.73 Å². The molecule has 0 aromatic rings. The van der Waals surface area contributed by atoms with E-state index in [1.807, 2.05) is 0 Å². The zero-order chi connectivity index (χ0) is 60.1. The summed E-state index contributed by atoms with van der Waals surface area (Å²) in [6, 6.07) is 0. The quantitative estimate of drug-likeness (QED) is 0.0264. The SMILES string of the molecule is CC/C=C\C/C=C\C/C=C\C/C=C\C/C=C\C/C=C\C/C=C\C/C=C\C/C=C\C/C=C\CCCCCCC(=O)OC(COC(=O)CCCCCCCCCCCCCCCC/C=C\C/C=C\C/C=C\C/C=C\CC)COP(=O)(O)OCCN. The third kappa shape index (κ3) is 66.4. The third-order valence-corrected chi connectivity index (χ3v) is 14.1. The molecule has 2 unspecified atom stereocenters. The number of carbonyl (C=O) groups excluding carboxylic acids is 2. The molecule has 0 saturated carbocycles. The van der Waals surface area contributed by atoms with Crippen molar-refractivity contribution in [1.82, 2.24) is 0 Å². The summed E-state index contributed by atoms with van der Waals surface area (Å²) in [5.41, 5.74) is 5.39. The summed E-state index contributed by atoms with van der Waals surface area (Å²) >= 11 is 0. The largest absolute Gasteiger partial charge is 0.472 e. The molecule has 0 heterocycles. The van der Waals surface area contributed by atoms with Gasteiger partial charge < -0.3 is 20.1 Å². The highest BCUT2D eigenvalue weighted by Gasteiger charge is 2.26. The van der Waals surface area contributed by atoms with E-state index in [1.54, 1.807) is 0 Å². The number of hydrogen-bond donors (Lipinski definition) is 2. The summed E-state index contributed by atoms with van der Waals surface area (Å²) in [5.74, 6) is -0.867. The molecule has 0 aliphatic rings. The van der Waals surface area contributed by atoms with Crippen LogP contribution in [0.1, 0.15) is 245 Å². The Morgan fingerprint density at radius 1 is 0.361 bits per heavy atom. The monoisotopic (exact) mass is 1170 g/mol. The fourth-order valence-corrected chi connectivity index (χ4v) is 9.13. The van der Waals surface area contributed by atoms with Crippen LogP contribution in [0.15, 0.2) is 170 Å². The van der Waals surface area contributed by atoms with Gasteiger partial charge in [-0.15, -0.1) is 0 Å². The molecule has 0 saturated heterocycles. The van der Waals surface area contributed by atoms with Gasteiger partial charge in [-0.05, 0) is 128 Å². The minimum absolute atomic E-state index is 0.0401. The Hall–Kier alpha value is -4.63. The first kappa shape index (κ1) is 78.4. The van der Waals surface area contributed by atoms with E-state index in [0.29, 0.717) is 6.42 Å². The maximum absolute atomic E-state index is 12.7. The molecule has 83 heavy (non-hydrogen) atoms. The van der Waals surface area contributed by atoms with Gasteiger partial charge in [0.2, 0.25) is 0 Å². The Bertz CT molecular complexity index is 1960. The van der Waals surface area contributed by atoms with Gasteiger partial charge in [0.05, 0.1) is 13.2 Å². The average molecular weight is 1170 g/mol. The number of unbranched alkanes of at least 4 members (excludes halogenated alkanes) is 18. The maximum atomic E-state index is 12.7. The zero-order valence-electron chi connectivity index (χ0n) is 52.4. The summed E-state index contributed by atoms with van der Waals surface area (Å²) in [5, 5.41) is 0. The lowest BCUT2D eigenvalue weighted by Gasteiger charge is -2.19. The van der Waals surface area contributed by atoms with Crippen molar-refractivity contribution in [3.05, 3.63) is 170 Å². The van der Waals surface area contributed by atoms with Crippen LogP contribution in [0.5, 0.6) is 0 Å². The molecule has 0 aliphatic heterocycles. The predicted molar refractivity (Wildman–Crippen MR) is 357 cm³/mol. The molecular formula is C73H118NO8P. The summed E-state index contributed by atoms with van der Waals surface area (Å²) in [4.78, 5) is 35.3. The maximum Gasteiger partial charge on any atom is 0.472 e. The smallest absolute Gasteiger partial charge is 0.462 e. The fourth-order valence-electron chi connectivity index (χ4n) is 8.36. The van der Waals surface area contributed by atoms with Crippen LogP contribution in [-0.2, 0) is 32.7 Å². The Morgan fingerprint density at radius 2 is 0.627 bits per heavy atom. The molecule has 0 rings (SSSR count). The van der Waals surface area contributed by atoms with Crippen molar-refractivity contribution in [3.8, 4) is 0 Å². The molecule has 0 aromatic carbocycles. The summed E-state index contributed by atoms with van der Waals surface area (Å²) < 4.78 is 33.1. The molecule has 0 spiro atoms. The second kappa shape index (κ2) is 66.5. The minimum atomic E-state index is -4.41. The normalized spacial score (nSPS) is 14.1. The van der Waals surface area contributed by atoms with Crippen LogP contribution >= 0.6 is 7.82 Å². The second-order valence-corrected chi connectivity index (χ2v) is 22.3. The molecule has 0 bridgehead atoms. The number of phosphoric acid groups is 1. The van der Waals surface area contributed by atoms with E-state index in [2.05, 4.69) is 184 Å². The van der Waals surface area contributed by atoms with Crippen LogP contribution in [0.2, 0.25) is 0 Å². The fraction of sp³-hybridized carbons (Fsp3) is 0.589. The Morgan fingerprint density at radius 3 is 0.928 bits per heavy atom. The number of allylic oxidation sites excluding steroid dienone is 28. The molecule has 2 atom stereocenters. The lowest BCUT2D eigenvalue weighted by atomic mass is 10.0. The standard InChI is InChI=1S/C73H118NO8P/c1-3-5-7-9-11-13-15-17-19-21-23-25-27-29-31-32-33-34-35-36-37-38-40-42-44-46-48-50-52-54-56-58-60-62-64-66-73(76)82-71(70-81-83(77,78)80-68-67-74)69-79-72(75)65-63-61-59-57-55-53-51-49-47-45-43-41-39-30-28-26-24-22-20-18-16-14-12-10-8-6-4-2/h5-8,11-14,17-20,23-26,29,31,33-34,36-37,40,42,46,48,52,54,71H,3-4,9-10,15-16,21-22,27-28,30,32,35,38-39,41,43-45,47,49-51,53,55-70,74H2,1-2H3,(H,77,78)/b7-5-,8-6-,13-11-,14-12-,19-17-,20-18-,25-23-,26-24-,31-29-,34-33-,37-36-,42-40-,48-46-,54-52-. The minimum Gasteiger partial charge on any atom is -0.462 e. The molecule has 10 heteroatoms. The summed E-state index contributed by atoms with van der Waals surface area (Å²) in [7, 11) is -4.41. The van der Waals surface area contributed by atoms with E-state index >= 15 is 0 Å². The summed E-state index contributed by atoms with van der Waals surface area (Å²) in [6.45, 7) is 3.48. The molecule has 468 valence electrons. The summed E-state index contributed by atoms with van der Waals surface area (Å²) in [6.07, 6.45) is 98.5. The van der Waals surface area contributed by atoms with E-state index in [4.69, 9.17) is 24.3 Å². The van der Waals surface area contributed by atoms with E-state index in [0.717, 1.165) is 135 Å². The van der Waals surface area contributed by atoms with Gasteiger partial charge in [0, 0.05) is 19.4 Å². The number of hydrogen-bond acceptors (Lipinski definition) is 8. The highest BCUT2D eigenvalue weighted by Crippen LogP contribution is 2.43. The van der Waals surface area contributed by atoms with E-state index in [-0.39, 0.29) is 32.6 Å². The highest BCUT2D eigenvalue weighted by molar-refractivity contribution is 7.47. The molecule has 9 nitrogen and oxygen atoms in total. The van der Waals surface area contributed by atoms with Gasteiger partial charge in [-0.25, -0.2) is 4.57 Å². The molecule has 0 aromatic heterocycles. The predicted octanol–water partition coefficient (Wildman–Crippen LogP) is 21.4. The van der Waals surface area contributed by atoms with E-state index in [1.165, 1.54) is 77.0 Å². The van der Waals surface area contributed by atoms with Crippen molar-refractivity contribution in [2.45, 2.75) is 251 Å². The van der Waals surface area contributed by atoms with Crippen molar-refractivity contribution in [3.63, 3.8) is 0 Å². The number of carbonyl (C=O) groups is 2. The Labute approximate surface area is 508 Å². The Balaban J connectivity index is 4.05. The number of rotatable bonds is 59. The van der Waals surface area contributed by atoms with E-state index < -0.39 is 32.5 Å². The van der Waals surface area contributed by atoms with Crippen LogP contribution < -0.4 is 5.73 Å². The van der Waals surface area contributed by atoms with Crippen LogP contribution in [-0.4, -0.2) is 49.3 Å². The van der Waals surface area contributed by atoms with Gasteiger partial charge in [-0.1, -0.05) is 274 Å². The van der Waals surface area contributed by atoms with Gasteiger partial charge in [-0.2, -0.15) is 0 Å². The van der Waals surface area contributed by atoms with Crippen LogP contribution in [0.25, 0.3) is 0 Å². The lowest BCUT2D eigenvalue weighted by Crippen LogP contribution is -2.29. The van der Waals surface area contributed by atoms with Crippen molar-refractivity contribution in [1.29, 1.82) is 0 Å². The topological polar surface area (TPSA) is 134 Å². The number of esters is 2. The van der Waals surface area contributed by atoms with Gasteiger partial charge in [0.1, 0.15) is 6.61 Å². The van der Waals surface area contributed by atoms with Gasteiger partial charge >= 0.3 is 19.8 Å². The highest BCUT2D eigenvalue weighted by atomic mass is 31.2. The molecular weight excluding hydrogens is 1050 g/mol. The van der Waals surface area contributed by atoms with E-state index in [9.17, 15) is 19.0 Å². The average Bonchev–Trinajstić information content (AvgIpc) is 3.48. The van der Waals surface area contributed by atoms with Gasteiger partial charge in [0.25, 0.3) is 0 Å². The van der Waals surface area contributed by atoms with Crippen LogP contribution in [0.4, 0.5) is 0 Å². The Kier molecular flexibility index (Phi) is 62.8. The van der Waals surface area contributed by atoms with Crippen molar-refractivity contribution >= 4 is 19.8 Å². The first-order chi connectivity index (χ1) is 40.8. The second-order valence-electron chi connectivity index (χ2n) is 20.9. The first-order valence-corrected chi connectivity index (χ1v) is 34.1. The number of phosphoric ester groups is 1. The number of nitrogens with two attached hydrogens (primary N) is 1. The molecule has 0 radical (unpaired) electrons. The van der Waals surface area contributed by atoms with Crippen LogP contribution in [0, 0.1) is 0 Å². The van der Waals surface area contributed by atoms with Gasteiger partial charge in [-0.3, -0.25) is 18.6 Å².